The number of rotatable bonds is 12. The Hall–Kier alpha value is -2.51. The number of ether oxygens (including phenoxy) is 1. The Morgan fingerprint density at radius 3 is 2.34 bits per heavy atom. The minimum atomic E-state index is -0.696. The molecule has 3 rings (SSSR count). The van der Waals surface area contributed by atoms with Crippen LogP contribution in [0.4, 0.5) is 0 Å². The molecule has 0 aliphatic heterocycles. The molecule has 0 spiro atoms. The minimum absolute atomic E-state index is 0.0229. The van der Waals surface area contributed by atoms with Crippen molar-refractivity contribution in [3.63, 3.8) is 0 Å². The molecule has 2 N–H and O–H groups in total. The summed E-state index contributed by atoms with van der Waals surface area (Å²) in [4.78, 5) is 6.68. The summed E-state index contributed by atoms with van der Waals surface area (Å²) < 4.78 is 7.96. The van der Waals surface area contributed by atoms with Gasteiger partial charge in [-0.3, -0.25) is 4.90 Å². The highest BCUT2D eigenvalue weighted by molar-refractivity contribution is 5.33. The van der Waals surface area contributed by atoms with E-state index in [2.05, 4.69) is 47.4 Å². The lowest BCUT2D eigenvalue weighted by Gasteiger charge is -2.32. The van der Waals surface area contributed by atoms with Gasteiger partial charge in [0.15, 0.2) is 0 Å². The minimum Gasteiger partial charge on any atom is -0.395 e. The Kier molecular flexibility index (Phi) is 9.00. The van der Waals surface area contributed by atoms with Gasteiger partial charge in [0.1, 0.15) is 5.82 Å². The number of aromatic nitrogens is 2. The molecule has 1 aromatic carbocycles. The molecule has 0 amide bonds. The monoisotopic (exact) mass is 437 g/mol. The molecule has 2 atom stereocenters. The zero-order valence-corrected chi connectivity index (χ0v) is 19.3. The Morgan fingerprint density at radius 1 is 1.03 bits per heavy atom. The molecule has 3 aromatic rings. The predicted octanol–water partition coefficient (Wildman–Crippen LogP) is 3.81. The first-order valence-electron chi connectivity index (χ1n) is 11.3. The van der Waals surface area contributed by atoms with E-state index in [0.29, 0.717) is 19.8 Å². The summed E-state index contributed by atoms with van der Waals surface area (Å²) in [5.74, 6) is 0.842. The second-order valence-electron chi connectivity index (χ2n) is 8.25. The van der Waals surface area contributed by atoms with Crippen LogP contribution in [0.3, 0.4) is 0 Å². The van der Waals surface area contributed by atoms with E-state index in [4.69, 9.17) is 4.74 Å². The van der Waals surface area contributed by atoms with Crippen molar-refractivity contribution in [1.82, 2.24) is 14.5 Å². The van der Waals surface area contributed by atoms with E-state index in [0.717, 1.165) is 41.3 Å². The summed E-state index contributed by atoms with van der Waals surface area (Å²) in [5.41, 5.74) is 4.11. The van der Waals surface area contributed by atoms with Crippen molar-refractivity contribution >= 4 is 0 Å². The zero-order chi connectivity index (χ0) is 22.9. The highest BCUT2D eigenvalue weighted by Gasteiger charge is 2.22. The molecule has 6 heteroatoms. The second kappa shape index (κ2) is 11.9. The van der Waals surface area contributed by atoms with Crippen LogP contribution in [0, 0.1) is 13.8 Å². The van der Waals surface area contributed by atoms with Crippen LogP contribution in [-0.4, -0.2) is 57.0 Å². The highest BCUT2D eigenvalue weighted by Crippen LogP contribution is 2.19. The highest BCUT2D eigenvalue weighted by atomic mass is 16.5. The topological polar surface area (TPSA) is 70.8 Å². The van der Waals surface area contributed by atoms with E-state index in [-0.39, 0.29) is 12.6 Å². The average molecular weight is 438 g/mol. The summed E-state index contributed by atoms with van der Waals surface area (Å²) >= 11 is 0. The van der Waals surface area contributed by atoms with Crippen LogP contribution in [0.1, 0.15) is 42.0 Å². The van der Waals surface area contributed by atoms with Crippen molar-refractivity contribution in [2.75, 3.05) is 26.3 Å². The predicted molar refractivity (Wildman–Crippen MR) is 127 cm³/mol. The first kappa shape index (κ1) is 24.1. The number of pyridine rings is 1. The first-order chi connectivity index (χ1) is 15.5. The average Bonchev–Trinajstić information content (AvgIpc) is 3.15. The van der Waals surface area contributed by atoms with Gasteiger partial charge in [0, 0.05) is 29.7 Å². The van der Waals surface area contributed by atoms with Crippen LogP contribution in [0.2, 0.25) is 0 Å². The normalized spacial score (nSPS) is 13.4. The van der Waals surface area contributed by atoms with Crippen molar-refractivity contribution < 1.29 is 14.9 Å². The lowest BCUT2D eigenvalue weighted by molar-refractivity contribution is 0.00376. The SMILES string of the molecule is CCCN(C[C@H](O)c1ccc(-n2c(C)ccc2C)nc1)[C@H](CO)COCc1ccccc1. The Balaban J connectivity index is 1.62. The van der Waals surface area contributed by atoms with Gasteiger partial charge >= 0.3 is 0 Å². The van der Waals surface area contributed by atoms with E-state index in [9.17, 15) is 10.2 Å². The summed E-state index contributed by atoms with van der Waals surface area (Å²) in [6, 6.07) is 17.8. The molecule has 0 bridgehead atoms. The Bertz CT molecular complexity index is 921. The van der Waals surface area contributed by atoms with E-state index in [1.165, 1.54) is 0 Å². The zero-order valence-electron chi connectivity index (χ0n) is 19.3. The molecular formula is C26H35N3O3. The summed E-state index contributed by atoms with van der Waals surface area (Å²) in [6.45, 7) is 8.26. The maximum Gasteiger partial charge on any atom is 0.136 e. The maximum absolute atomic E-state index is 10.9. The number of benzene rings is 1. The number of hydrogen-bond acceptors (Lipinski definition) is 5. The molecule has 0 aliphatic carbocycles. The molecule has 32 heavy (non-hydrogen) atoms. The van der Waals surface area contributed by atoms with Crippen LogP contribution in [-0.2, 0) is 11.3 Å². The van der Waals surface area contributed by atoms with E-state index in [1.54, 1.807) is 6.20 Å². The molecule has 6 nitrogen and oxygen atoms in total. The van der Waals surface area contributed by atoms with Crippen molar-refractivity contribution in [3.05, 3.63) is 83.3 Å². The molecular weight excluding hydrogens is 402 g/mol. The molecule has 0 aliphatic rings. The Labute approximate surface area is 191 Å². The van der Waals surface area contributed by atoms with Gasteiger partial charge in [0.25, 0.3) is 0 Å². The molecule has 0 saturated carbocycles. The third-order valence-corrected chi connectivity index (χ3v) is 5.72. The van der Waals surface area contributed by atoms with Crippen LogP contribution in [0.15, 0.2) is 60.8 Å². The van der Waals surface area contributed by atoms with Crippen molar-refractivity contribution in [3.8, 4) is 5.82 Å². The first-order valence-corrected chi connectivity index (χ1v) is 11.3. The third kappa shape index (κ3) is 6.26. The fraction of sp³-hybridized carbons (Fsp3) is 0.423. The molecule has 0 radical (unpaired) electrons. The number of aliphatic hydroxyl groups is 2. The molecule has 0 unspecified atom stereocenters. The standard InChI is InChI=1S/C26H35N3O3/c1-4-14-28(24(17-30)19-32-18-22-8-6-5-7-9-22)16-25(31)23-12-13-26(27-15-23)29-20(2)10-11-21(29)3/h5-13,15,24-25,30-31H,4,14,16-19H2,1-3H3/t24-,25+/m1/s1. The van der Waals surface area contributed by atoms with E-state index < -0.39 is 6.10 Å². The second-order valence-corrected chi connectivity index (χ2v) is 8.25. The number of aliphatic hydroxyl groups excluding tert-OH is 2. The van der Waals surface area contributed by atoms with Gasteiger partial charge in [0.2, 0.25) is 0 Å². The van der Waals surface area contributed by atoms with Gasteiger partial charge in [-0.2, -0.15) is 0 Å². The van der Waals surface area contributed by atoms with Crippen LogP contribution < -0.4 is 0 Å². The lowest BCUT2D eigenvalue weighted by Crippen LogP contribution is -2.44. The summed E-state index contributed by atoms with van der Waals surface area (Å²) in [5, 5.41) is 20.9. The quantitative estimate of drug-likeness (QED) is 0.451. The largest absolute Gasteiger partial charge is 0.395 e. The van der Waals surface area contributed by atoms with Gasteiger partial charge in [-0.25, -0.2) is 4.98 Å². The fourth-order valence-electron chi connectivity index (χ4n) is 3.96. The van der Waals surface area contributed by atoms with Gasteiger partial charge in [0.05, 0.1) is 32.0 Å². The van der Waals surface area contributed by atoms with Gasteiger partial charge in [-0.05, 0) is 50.6 Å². The van der Waals surface area contributed by atoms with Gasteiger partial charge in [-0.1, -0.05) is 43.3 Å². The summed E-state index contributed by atoms with van der Waals surface area (Å²) in [7, 11) is 0. The smallest absolute Gasteiger partial charge is 0.136 e. The van der Waals surface area contributed by atoms with Crippen molar-refractivity contribution in [2.24, 2.45) is 0 Å². The lowest BCUT2D eigenvalue weighted by atomic mass is 10.1. The van der Waals surface area contributed by atoms with Crippen LogP contribution in [0.25, 0.3) is 5.82 Å². The van der Waals surface area contributed by atoms with Crippen molar-refractivity contribution in [2.45, 2.75) is 45.9 Å². The third-order valence-electron chi connectivity index (χ3n) is 5.72. The fourth-order valence-corrected chi connectivity index (χ4v) is 3.96. The molecule has 2 heterocycles. The van der Waals surface area contributed by atoms with Gasteiger partial charge in [-0.15, -0.1) is 0 Å². The molecule has 172 valence electrons. The van der Waals surface area contributed by atoms with E-state index >= 15 is 0 Å². The number of aryl methyl sites for hydroxylation is 2. The molecule has 0 fully saturated rings. The number of hydrogen-bond donors (Lipinski definition) is 2. The molecule has 2 aromatic heterocycles. The van der Waals surface area contributed by atoms with Crippen LogP contribution >= 0.6 is 0 Å². The van der Waals surface area contributed by atoms with Crippen molar-refractivity contribution in [1.29, 1.82) is 0 Å². The number of nitrogens with zero attached hydrogens (tertiary/aromatic N) is 3. The summed E-state index contributed by atoms with van der Waals surface area (Å²) in [6.07, 6.45) is 1.96. The molecule has 0 saturated heterocycles. The van der Waals surface area contributed by atoms with Crippen LogP contribution in [0.5, 0.6) is 0 Å². The Morgan fingerprint density at radius 2 is 1.75 bits per heavy atom. The van der Waals surface area contributed by atoms with E-state index in [1.807, 2.05) is 42.5 Å². The maximum atomic E-state index is 10.9. The van der Waals surface area contributed by atoms with Gasteiger partial charge < -0.3 is 19.5 Å².